The molecule has 0 saturated heterocycles. The van der Waals surface area contributed by atoms with Gasteiger partial charge in [0.1, 0.15) is 0 Å². The quantitative estimate of drug-likeness (QED) is 0.322. The van der Waals surface area contributed by atoms with Gasteiger partial charge >= 0.3 is 0 Å². The van der Waals surface area contributed by atoms with Crippen LogP contribution < -0.4 is 10.3 Å². The van der Waals surface area contributed by atoms with E-state index in [4.69, 9.17) is 4.98 Å². The second-order valence-electron chi connectivity index (χ2n) is 6.78. The fourth-order valence-electron chi connectivity index (χ4n) is 2.99. The molecule has 6 heteroatoms. The molecule has 1 heterocycles. The first kappa shape index (κ1) is 19.1. The number of rotatable bonds is 5. The Kier molecular flexibility index (Phi) is 5.53. The first-order valence-electron chi connectivity index (χ1n) is 9.19. The van der Waals surface area contributed by atoms with Crippen molar-refractivity contribution < 1.29 is 0 Å². The zero-order valence-corrected chi connectivity index (χ0v) is 17.8. The highest BCUT2D eigenvalue weighted by Gasteiger charge is 2.10. The van der Waals surface area contributed by atoms with Gasteiger partial charge in [-0.05, 0) is 35.9 Å². The number of hydrogen-bond acceptors (Lipinski definition) is 5. The smallest absolute Gasteiger partial charge is 0.244 e. The highest BCUT2D eigenvalue weighted by atomic mass is 79.9. The summed E-state index contributed by atoms with van der Waals surface area (Å²) in [6.07, 6.45) is 1.76. The van der Waals surface area contributed by atoms with E-state index in [-0.39, 0.29) is 0 Å². The fourth-order valence-corrected chi connectivity index (χ4v) is 3.35. The minimum atomic E-state index is 0.458. The molecule has 0 bridgehead atoms. The maximum Gasteiger partial charge on any atom is 0.244 e. The first-order valence-corrected chi connectivity index (χ1v) is 9.99. The molecule has 0 spiro atoms. The monoisotopic (exact) mass is 445 g/mol. The summed E-state index contributed by atoms with van der Waals surface area (Å²) < 4.78 is 0.991. The van der Waals surface area contributed by atoms with Gasteiger partial charge in [0, 0.05) is 35.2 Å². The molecule has 3 aromatic carbocycles. The summed E-state index contributed by atoms with van der Waals surface area (Å²) >= 11 is 3.54. The lowest BCUT2D eigenvalue weighted by atomic mass is 10.1. The van der Waals surface area contributed by atoms with E-state index in [2.05, 4.69) is 48.5 Å². The Balaban J connectivity index is 1.65. The van der Waals surface area contributed by atoms with Crippen LogP contribution in [0.4, 0.5) is 11.6 Å². The topological polar surface area (TPSA) is 53.4 Å². The van der Waals surface area contributed by atoms with Gasteiger partial charge in [0.25, 0.3) is 0 Å². The van der Waals surface area contributed by atoms with E-state index in [1.165, 1.54) is 0 Å². The number of fused-ring (bicyclic) bond motifs is 1. The van der Waals surface area contributed by atoms with Crippen LogP contribution in [0.2, 0.25) is 0 Å². The van der Waals surface area contributed by atoms with Crippen molar-refractivity contribution in [3.05, 3.63) is 82.8 Å². The largest absolute Gasteiger partial charge is 0.378 e. The number of hydrazone groups is 1. The molecule has 144 valence electrons. The van der Waals surface area contributed by atoms with Gasteiger partial charge in [-0.2, -0.15) is 5.10 Å². The maximum absolute atomic E-state index is 4.72. The van der Waals surface area contributed by atoms with Crippen LogP contribution >= 0.6 is 15.9 Å². The molecule has 5 nitrogen and oxygen atoms in total. The van der Waals surface area contributed by atoms with Crippen molar-refractivity contribution in [3.63, 3.8) is 0 Å². The minimum Gasteiger partial charge on any atom is -0.378 e. The third kappa shape index (κ3) is 4.43. The van der Waals surface area contributed by atoms with Gasteiger partial charge in [0.15, 0.2) is 0 Å². The summed E-state index contributed by atoms with van der Waals surface area (Å²) in [5.41, 5.74) is 7.87. The Morgan fingerprint density at radius 3 is 2.41 bits per heavy atom. The molecule has 0 unspecified atom stereocenters. The average molecular weight is 446 g/mol. The molecule has 4 rings (SSSR count). The lowest BCUT2D eigenvalue weighted by Crippen LogP contribution is -2.08. The number of nitrogens with zero attached hydrogens (tertiary/aromatic N) is 4. The lowest BCUT2D eigenvalue weighted by molar-refractivity contribution is 1.13. The predicted molar refractivity (Wildman–Crippen MR) is 125 cm³/mol. The van der Waals surface area contributed by atoms with Crippen LogP contribution in [0, 0.1) is 0 Å². The summed E-state index contributed by atoms with van der Waals surface area (Å²) in [5, 5.41) is 5.31. The highest BCUT2D eigenvalue weighted by molar-refractivity contribution is 9.10. The molecule has 0 amide bonds. The van der Waals surface area contributed by atoms with Gasteiger partial charge < -0.3 is 4.90 Å². The van der Waals surface area contributed by atoms with Crippen molar-refractivity contribution in [1.29, 1.82) is 0 Å². The summed E-state index contributed by atoms with van der Waals surface area (Å²) in [5.74, 6) is 0.458. The second-order valence-corrected chi connectivity index (χ2v) is 7.69. The van der Waals surface area contributed by atoms with Gasteiger partial charge in [0.05, 0.1) is 17.4 Å². The van der Waals surface area contributed by atoms with Gasteiger partial charge in [0.2, 0.25) is 5.95 Å². The Hall–Kier alpha value is -3.25. The first-order chi connectivity index (χ1) is 14.1. The molecule has 0 aliphatic heterocycles. The molecule has 0 atom stereocenters. The predicted octanol–water partition coefficient (Wildman–Crippen LogP) is 5.57. The van der Waals surface area contributed by atoms with E-state index >= 15 is 0 Å². The van der Waals surface area contributed by atoms with E-state index in [1.807, 2.05) is 74.8 Å². The number of benzene rings is 3. The SMILES string of the molecule is CN(C)c1ccc(C=NNc2nc(-c3ccccc3)c3cc(Br)ccc3n2)cc1. The van der Waals surface area contributed by atoms with E-state index in [0.29, 0.717) is 5.95 Å². The Labute approximate surface area is 178 Å². The minimum absolute atomic E-state index is 0.458. The van der Waals surface area contributed by atoms with Crippen molar-refractivity contribution in [3.8, 4) is 11.3 Å². The Bertz CT molecular complexity index is 1160. The van der Waals surface area contributed by atoms with Crippen LogP contribution in [0.1, 0.15) is 5.56 Å². The van der Waals surface area contributed by atoms with Crippen LogP contribution in [0.3, 0.4) is 0 Å². The molecule has 0 aliphatic carbocycles. The zero-order valence-electron chi connectivity index (χ0n) is 16.2. The summed E-state index contributed by atoms with van der Waals surface area (Å²) in [6.45, 7) is 0. The van der Waals surface area contributed by atoms with Crippen LogP contribution in [0.25, 0.3) is 22.2 Å². The second kappa shape index (κ2) is 8.41. The molecule has 29 heavy (non-hydrogen) atoms. The molecule has 1 aromatic heterocycles. The standard InChI is InChI=1S/C23H20BrN5/c1-29(2)19-11-8-16(9-12-19)15-25-28-23-26-21-13-10-18(24)14-20(21)22(27-23)17-6-4-3-5-7-17/h3-15H,1-2H3,(H,26,27,28). The third-order valence-corrected chi connectivity index (χ3v) is 4.99. The van der Waals surface area contributed by atoms with Crippen molar-refractivity contribution in [1.82, 2.24) is 9.97 Å². The van der Waals surface area contributed by atoms with Gasteiger partial charge in [-0.25, -0.2) is 15.4 Å². The number of anilines is 2. The molecular formula is C23H20BrN5. The van der Waals surface area contributed by atoms with E-state index in [0.717, 1.165) is 37.9 Å². The highest BCUT2D eigenvalue weighted by Crippen LogP contribution is 2.29. The summed E-state index contributed by atoms with van der Waals surface area (Å²) in [7, 11) is 4.04. The third-order valence-electron chi connectivity index (χ3n) is 4.49. The molecule has 0 radical (unpaired) electrons. The summed E-state index contributed by atoms with van der Waals surface area (Å²) in [6, 6.07) is 24.2. The van der Waals surface area contributed by atoms with Crippen LogP contribution in [0.15, 0.2) is 82.4 Å². The van der Waals surface area contributed by atoms with Gasteiger partial charge in [-0.15, -0.1) is 0 Å². The molecule has 4 aromatic rings. The van der Waals surface area contributed by atoms with Crippen molar-refractivity contribution in [2.45, 2.75) is 0 Å². The van der Waals surface area contributed by atoms with E-state index in [1.54, 1.807) is 6.21 Å². The fraction of sp³-hybridized carbons (Fsp3) is 0.0870. The van der Waals surface area contributed by atoms with Crippen molar-refractivity contribution in [2.75, 3.05) is 24.4 Å². The number of nitrogens with one attached hydrogen (secondary N) is 1. The van der Waals surface area contributed by atoms with E-state index < -0.39 is 0 Å². The van der Waals surface area contributed by atoms with Crippen LogP contribution in [0.5, 0.6) is 0 Å². The molecular weight excluding hydrogens is 426 g/mol. The lowest BCUT2D eigenvalue weighted by Gasteiger charge is -2.11. The number of aromatic nitrogens is 2. The Morgan fingerprint density at radius 2 is 1.69 bits per heavy atom. The zero-order chi connectivity index (χ0) is 20.2. The molecule has 0 aliphatic rings. The summed E-state index contributed by atoms with van der Waals surface area (Å²) in [4.78, 5) is 11.4. The van der Waals surface area contributed by atoms with Crippen LogP contribution in [-0.2, 0) is 0 Å². The van der Waals surface area contributed by atoms with Crippen molar-refractivity contribution >= 4 is 44.7 Å². The van der Waals surface area contributed by atoms with Crippen LogP contribution in [-0.4, -0.2) is 30.3 Å². The van der Waals surface area contributed by atoms with Gasteiger partial charge in [-0.3, -0.25) is 0 Å². The number of hydrogen-bond donors (Lipinski definition) is 1. The van der Waals surface area contributed by atoms with Gasteiger partial charge in [-0.1, -0.05) is 58.4 Å². The molecule has 1 N–H and O–H groups in total. The molecule has 0 saturated carbocycles. The van der Waals surface area contributed by atoms with E-state index in [9.17, 15) is 0 Å². The number of halogens is 1. The average Bonchev–Trinajstić information content (AvgIpc) is 2.74. The normalized spacial score (nSPS) is 11.1. The Morgan fingerprint density at radius 1 is 0.931 bits per heavy atom. The molecule has 0 fully saturated rings. The van der Waals surface area contributed by atoms with Crippen molar-refractivity contribution in [2.24, 2.45) is 5.10 Å². The maximum atomic E-state index is 4.72.